The Labute approximate surface area is 263 Å². The fourth-order valence-electron chi connectivity index (χ4n) is 3.90. The average molecular weight is 662 g/mol. The third kappa shape index (κ3) is 7.62. The summed E-state index contributed by atoms with van der Waals surface area (Å²) in [4.78, 5) is 31.9. The lowest BCUT2D eigenvalue weighted by molar-refractivity contribution is -0.114. The number of rotatable bonds is 10. The number of carbonyl (C=O) groups excluding carboxylic acids is 2. The van der Waals surface area contributed by atoms with Gasteiger partial charge in [-0.05, 0) is 65.7 Å². The molecular formula is C28H21N8O8S2-. The minimum Gasteiger partial charge on any atom is -0.768 e. The fraction of sp³-hybridized carbons (Fsp3) is 0.0357. The number of anilines is 3. The molecule has 16 nitrogen and oxygen atoms in total. The van der Waals surface area contributed by atoms with E-state index in [4.69, 9.17) is 4.52 Å². The third-order valence-electron chi connectivity index (χ3n) is 5.92. The fourth-order valence-corrected chi connectivity index (χ4v) is 5.49. The van der Waals surface area contributed by atoms with Gasteiger partial charge in [-0.3, -0.25) is 23.5 Å². The first kappa shape index (κ1) is 31.6. The molecule has 5 aromatic rings. The van der Waals surface area contributed by atoms with Crippen LogP contribution in [0.1, 0.15) is 17.3 Å². The average Bonchev–Trinajstić information content (AvgIpc) is 3.51. The maximum Gasteiger partial charge on any atom is 0.366 e. The molecule has 234 valence electrons. The van der Waals surface area contributed by atoms with E-state index in [1.54, 1.807) is 12.1 Å². The summed E-state index contributed by atoms with van der Waals surface area (Å²) in [5, 5.41) is 27.4. The Morgan fingerprint density at radius 3 is 2.46 bits per heavy atom. The number of carbonyl (C=O) groups is 2. The summed E-state index contributed by atoms with van der Waals surface area (Å²) in [7, 11) is -4.14. The summed E-state index contributed by atoms with van der Waals surface area (Å²) in [6.45, 7) is 1.23. The number of nitrogens with one attached hydrogen (secondary N) is 3. The standard InChI is InChI=1S/C28H22N8O8S2/c1-16(37)30-23-12-20(13-24(25(23)38)31-27(39)18-6-4-10-29-15-18)33-34-28-32-26(35-44-28)17-5-2-7-19(11-17)36-46(42,43)22-9-3-8-21(14-22)45(40)41/h2-15,36,38H,1H3,(H,30,37)(H,31,39)(H,40,41)/p-1. The number of hydrogen-bond donors (Lipinski definition) is 4. The number of azo groups is 1. The van der Waals surface area contributed by atoms with Crippen LogP contribution in [-0.2, 0) is 25.9 Å². The van der Waals surface area contributed by atoms with Crippen LogP contribution in [0, 0.1) is 0 Å². The van der Waals surface area contributed by atoms with Gasteiger partial charge in [0.2, 0.25) is 11.7 Å². The highest BCUT2D eigenvalue weighted by atomic mass is 32.2. The Morgan fingerprint density at radius 1 is 0.978 bits per heavy atom. The number of hydrogen-bond acceptors (Lipinski definition) is 13. The van der Waals surface area contributed by atoms with E-state index in [2.05, 4.69) is 40.7 Å². The first-order valence-corrected chi connectivity index (χ1v) is 15.5. The van der Waals surface area contributed by atoms with Gasteiger partial charge >= 0.3 is 6.01 Å². The molecule has 0 saturated carbocycles. The number of sulfonamides is 1. The summed E-state index contributed by atoms with van der Waals surface area (Å²) in [5.41, 5.74) is 0.657. The van der Waals surface area contributed by atoms with Crippen LogP contribution in [0.25, 0.3) is 11.4 Å². The number of benzene rings is 3. The summed E-state index contributed by atoms with van der Waals surface area (Å²) in [6, 6.07) is 16.3. The van der Waals surface area contributed by atoms with Crippen LogP contribution in [0.4, 0.5) is 28.8 Å². The summed E-state index contributed by atoms with van der Waals surface area (Å²) < 4.78 is 55.7. The highest BCUT2D eigenvalue weighted by Gasteiger charge is 2.18. The molecule has 5 rings (SSSR count). The van der Waals surface area contributed by atoms with E-state index in [0.717, 1.165) is 6.07 Å². The number of aromatic hydroxyl groups is 1. The van der Waals surface area contributed by atoms with Crippen LogP contribution in [-0.4, -0.2) is 49.2 Å². The number of phenols is 1. The minimum atomic E-state index is -4.14. The molecule has 4 N–H and O–H groups in total. The van der Waals surface area contributed by atoms with Gasteiger partial charge in [0.05, 0.1) is 27.5 Å². The minimum absolute atomic E-state index is 0.0350. The van der Waals surface area contributed by atoms with Gasteiger partial charge in [-0.1, -0.05) is 28.5 Å². The maximum atomic E-state index is 12.9. The van der Waals surface area contributed by atoms with Crippen molar-refractivity contribution in [3.05, 3.63) is 90.8 Å². The van der Waals surface area contributed by atoms with E-state index in [-0.39, 0.29) is 49.9 Å². The highest BCUT2D eigenvalue weighted by Crippen LogP contribution is 2.38. The highest BCUT2D eigenvalue weighted by molar-refractivity contribution is 7.92. The molecule has 0 saturated heterocycles. The van der Waals surface area contributed by atoms with Gasteiger partial charge in [0, 0.05) is 35.5 Å². The lowest BCUT2D eigenvalue weighted by atomic mass is 10.2. The van der Waals surface area contributed by atoms with Gasteiger partial charge < -0.3 is 24.8 Å². The predicted molar refractivity (Wildman–Crippen MR) is 163 cm³/mol. The zero-order valence-corrected chi connectivity index (χ0v) is 25.1. The van der Waals surface area contributed by atoms with Crippen molar-refractivity contribution in [3.8, 4) is 17.1 Å². The molecule has 0 radical (unpaired) electrons. The lowest BCUT2D eigenvalue weighted by Crippen LogP contribution is -2.13. The van der Waals surface area contributed by atoms with Crippen molar-refractivity contribution in [3.63, 3.8) is 0 Å². The SMILES string of the molecule is CC(=O)Nc1cc(N=Nc2nc(-c3cccc(NS(=O)(=O)c4cccc(S(=O)[O-])c4)c3)no2)cc(NC(=O)c2cccnc2)c1O. The van der Waals surface area contributed by atoms with Gasteiger partial charge in [0.15, 0.2) is 5.75 Å². The van der Waals surface area contributed by atoms with Crippen molar-refractivity contribution in [2.45, 2.75) is 16.7 Å². The molecule has 18 heteroatoms. The van der Waals surface area contributed by atoms with E-state index in [1.807, 2.05) is 0 Å². The van der Waals surface area contributed by atoms with Crippen LogP contribution >= 0.6 is 0 Å². The molecule has 46 heavy (non-hydrogen) atoms. The first-order valence-electron chi connectivity index (χ1n) is 12.9. The Kier molecular flexibility index (Phi) is 9.21. The Bertz CT molecular complexity index is 2100. The Morgan fingerprint density at radius 2 is 1.74 bits per heavy atom. The largest absolute Gasteiger partial charge is 0.768 e. The van der Waals surface area contributed by atoms with Crippen molar-refractivity contribution >= 4 is 61.7 Å². The molecular weight excluding hydrogens is 640 g/mol. The number of amides is 2. The molecule has 0 bridgehead atoms. The number of phenolic OH excluding ortho intramolecular Hbond substituents is 1. The van der Waals surface area contributed by atoms with Crippen LogP contribution < -0.4 is 15.4 Å². The summed E-state index contributed by atoms with van der Waals surface area (Å²) >= 11 is -2.61. The van der Waals surface area contributed by atoms with Gasteiger partial charge in [0.25, 0.3) is 15.9 Å². The predicted octanol–water partition coefficient (Wildman–Crippen LogP) is 4.50. The van der Waals surface area contributed by atoms with Crippen molar-refractivity contribution < 1.29 is 36.4 Å². The van der Waals surface area contributed by atoms with E-state index >= 15 is 0 Å². The molecule has 1 unspecified atom stereocenters. The second-order valence-corrected chi connectivity index (χ2v) is 11.9. The van der Waals surface area contributed by atoms with Crippen LogP contribution in [0.15, 0.2) is 110 Å². The first-order chi connectivity index (χ1) is 22.0. The molecule has 0 aliphatic carbocycles. The zero-order chi connectivity index (χ0) is 32.8. The van der Waals surface area contributed by atoms with Gasteiger partial charge in [-0.25, -0.2) is 8.42 Å². The Hall–Kier alpha value is -5.85. The molecule has 3 aromatic carbocycles. The van der Waals surface area contributed by atoms with Crippen molar-refractivity contribution in [1.82, 2.24) is 15.1 Å². The molecule has 0 fully saturated rings. The molecule has 0 spiro atoms. The monoisotopic (exact) mass is 661 g/mol. The third-order valence-corrected chi connectivity index (χ3v) is 7.94. The quantitative estimate of drug-likeness (QED) is 0.0922. The van der Waals surface area contributed by atoms with Crippen molar-refractivity contribution in [2.75, 3.05) is 15.4 Å². The normalized spacial score (nSPS) is 12.0. The van der Waals surface area contributed by atoms with E-state index < -0.39 is 38.7 Å². The lowest BCUT2D eigenvalue weighted by Gasteiger charge is -2.12. The van der Waals surface area contributed by atoms with Crippen LogP contribution in [0.5, 0.6) is 5.75 Å². The molecule has 2 aromatic heterocycles. The molecule has 0 aliphatic heterocycles. The summed E-state index contributed by atoms with van der Waals surface area (Å²) in [6.07, 6.45) is 2.83. The molecule has 0 aliphatic rings. The van der Waals surface area contributed by atoms with E-state index in [0.29, 0.717) is 5.56 Å². The van der Waals surface area contributed by atoms with E-state index in [9.17, 15) is 31.9 Å². The zero-order valence-electron chi connectivity index (χ0n) is 23.4. The maximum absolute atomic E-state index is 12.9. The summed E-state index contributed by atoms with van der Waals surface area (Å²) in [5.74, 6) is -1.46. The van der Waals surface area contributed by atoms with Gasteiger partial charge in [-0.2, -0.15) is 4.98 Å². The van der Waals surface area contributed by atoms with Crippen LogP contribution in [0.2, 0.25) is 0 Å². The van der Waals surface area contributed by atoms with Gasteiger partial charge in [-0.15, -0.1) is 5.11 Å². The molecule has 2 amide bonds. The molecule has 1 atom stereocenters. The van der Waals surface area contributed by atoms with Crippen LogP contribution in [0.3, 0.4) is 0 Å². The van der Waals surface area contributed by atoms with E-state index in [1.165, 1.54) is 73.9 Å². The van der Waals surface area contributed by atoms with Crippen molar-refractivity contribution in [1.29, 1.82) is 0 Å². The topological polar surface area (TPSA) is 241 Å². The number of nitrogens with zero attached hydrogens (tertiary/aromatic N) is 5. The number of aromatic nitrogens is 3. The van der Waals surface area contributed by atoms with Gasteiger partial charge in [0.1, 0.15) is 0 Å². The molecule has 2 heterocycles. The Balaban J connectivity index is 1.36. The second-order valence-electron chi connectivity index (χ2n) is 9.26. The second kappa shape index (κ2) is 13.4. The van der Waals surface area contributed by atoms with Crippen molar-refractivity contribution in [2.24, 2.45) is 10.2 Å². The number of pyridine rings is 1. The smallest absolute Gasteiger partial charge is 0.366 e.